The van der Waals surface area contributed by atoms with Crippen LogP contribution in [0.4, 0.5) is 13.2 Å². The van der Waals surface area contributed by atoms with Gasteiger partial charge in [-0.25, -0.2) is 4.98 Å². The number of aromatic nitrogens is 2. The van der Waals surface area contributed by atoms with Gasteiger partial charge in [0.2, 0.25) is 0 Å². The van der Waals surface area contributed by atoms with Crippen molar-refractivity contribution in [2.45, 2.75) is 13.1 Å². The quantitative estimate of drug-likeness (QED) is 0.687. The normalized spacial score (nSPS) is 12.3. The van der Waals surface area contributed by atoms with E-state index in [1.807, 2.05) is 0 Å². The first kappa shape index (κ1) is 9.82. The van der Waals surface area contributed by atoms with Crippen molar-refractivity contribution in [3.05, 3.63) is 29.6 Å². The van der Waals surface area contributed by atoms with Crippen LogP contribution in [0.2, 0.25) is 0 Å². The molecular weight excluding hydrogens is 209 g/mol. The van der Waals surface area contributed by atoms with Crippen LogP contribution in [-0.2, 0) is 6.18 Å². The number of hydrogen-bond acceptors (Lipinski definition) is 2. The summed E-state index contributed by atoms with van der Waals surface area (Å²) in [7, 11) is 0. The first-order valence-electron chi connectivity index (χ1n) is 4.15. The van der Waals surface area contributed by atoms with Gasteiger partial charge in [-0.1, -0.05) is 0 Å². The summed E-state index contributed by atoms with van der Waals surface area (Å²) in [6.07, 6.45) is -4.41. The third-order valence-electron chi connectivity index (χ3n) is 2.12. The molecule has 1 heterocycles. The molecule has 0 aliphatic heterocycles. The molecule has 1 aromatic carbocycles. The highest BCUT2D eigenvalue weighted by Gasteiger charge is 2.31. The van der Waals surface area contributed by atoms with E-state index in [4.69, 9.17) is 0 Å². The Balaban J connectivity index is 2.70. The lowest BCUT2D eigenvalue weighted by Crippen LogP contribution is -2.04. The molecule has 0 aliphatic rings. The Morgan fingerprint density at radius 2 is 2.00 bits per heavy atom. The first-order chi connectivity index (χ1) is 6.89. The third kappa shape index (κ3) is 1.51. The van der Waals surface area contributed by atoms with Gasteiger partial charge in [-0.05, 0) is 25.1 Å². The Morgan fingerprint density at radius 1 is 1.33 bits per heavy atom. The van der Waals surface area contributed by atoms with E-state index in [1.165, 1.54) is 13.0 Å². The SMILES string of the molecule is Cc1nc2ccc(C(F)(F)F)cc2n1O. The topological polar surface area (TPSA) is 38.0 Å². The van der Waals surface area contributed by atoms with Crippen LogP contribution in [0.3, 0.4) is 0 Å². The van der Waals surface area contributed by atoms with Gasteiger partial charge in [0.15, 0.2) is 0 Å². The van der Waals surface area contributed by atoms with Gasteiger partial charge in [-0.15, -0.1) is 0 Å². The lowest BCUT2D eigenvalue weighted by molar-refractivity contribution is -0.137. The lowest BCUT2D eigenvalue weighted by Gasteiger charge is -2.05. The van der Waals surface area contributed by atoms with Gasteiger partial charge in [0, 0.05) is 0 Å². The molecule has 0 spiro atoms. The minimum Gasteiger partial charge on any atom is -0.427 e. The molecule has 1 N–H and O–H groups in total. The first-order valence-corrected chi connectivity index (χ1v) is 4.15. The molecule has 0 atom stereocenters. The lowest BCUT2D eigenvalue weighted by atomic mass is 10.2. The van der Waals surface area contributed by atoms with Crippen molar-refractivity contribution in [1.82, 2.24) is 9.71 Å². The Hall–Kier alpha value is -1.72. The molecule has 80 valence electrons. The van der Waals surface area contributed by atoms with Crippen molar-refractivity contribution in [2.75, 3.05) is 0 Å². The summed E-state index contributed by atoms with van der Waals surface area (Å²) < 4.78 is 37.7. The zero-order valence-corrected chi connectivity index (χ0v) is 7.71. The van der Waals surface area contributed by atoms with Crippen molar-refractivity contribution in [2.24, 2.45) is 0 Å². The van der Waals surface area contributed by atoms with Crippen LogP contribution in [0.25, 0.3) is 11.0 Å². The average Bonchev–Trinajstić information content (AvgIpc) is 2.41. The van der Waals surface area contributed by atoms with E-state index < -0.39 is 11.7 Å². The number of aryl methyl sites for hydroxylation is 1. The fourth-order valence-corrected chi connectivity index (χ4v) is 1.36. The molecule has 0 radical (unpaired) electrons. The smallest absolute Gasteiger partial charge is 0.416 e. The Morgan fingerprint density at radius 3 is 2.60 bits per heavy atom. The van der Waals surface area contributed by atoms with Gasteiger partial charge in [0.1, 0.15) is 11.3 Å². The van der Waals surface area contributed by atoms with Crippen LogP contribution >= 0.6 is 0 Å². The van der Waals surface area contributed by atoms with Crippen molar-refractivity contribution in [1.29, 1.82) is 0 Å². The number of nitrogens with zero attached hydrogens (tertiary/aromatic N) is 2. The second-order valence-corrected chi connectivity index (χ2v) is 3.17. The van der Waals surface area contributed by atoms with E-state index in [9.17, 15) is 18.4 Å². The molecule has 6 heteroatoms. The number of benzene rings is 1. The molecule has 2 aromatic rings. The summed E-state index contributed by atoms with van der Waals surface area (Å²) in [5, 5.41) is 9.38. The average molecular weight is 216 g/mol. The molecule has 2 rings (SSSR count). The van der Waals surface area contributed by atoms with Crippen LogP contribution in [0.5, 0.6) is 0 Å². The monoisotopic (exact) mass is 216 g/mol. The summed E-state index contributed by atoms with van der Waals surface area (Å²) in [5.41, 5.74) is -0.407. The summed E-state index contributed by atoms with van der Waals surface area (Å²) in [5.74, 6) is 0.254. The van der Waals surface area contributed by atoms with E-state index in [0.29, 0.717) is 10.2 Å². The number of fused-ring (bicyclic) bond motifs is 1. The molecule has 0 saturated carbocycles. The van der Waals surface area contributed by atoms with E-state index >= 15 is 0 Å². The number of hydrogen-bond donors (Lipinski definition) is 1. The maximum Gasteiger partial charge on any atom is 0.416 e. The molecular formula is C9H7F3N2O. The minimum atomic E-state index is -4.41. The van der Waals surface area contributed by atoms with E-state index in [0.717, 1.165) is 12.1 Å². The van der Waals surface area contributed by atoms with Crippen molar-refractivity contribution in [3.8, 4) is 0 Å². The minimum absolute atomic E-state index is 0.0577. The van der Waals surface area contributed by atoms with Gasteiger partial charge < -0.3 is 5.21 Å². The molecule has 3 nitrogen and oxygen atoms in total. The van der Waals surface area contributed by atoms with Gasteiger partial charge in [-0.2, -0.15) is 17.9 Å². The number of imidazole rings is 1. The maximum absolute atomic E-state index is 12.3. The Bertz CT molecular complexity index is 516. The van der Waals surface area contributed by atoms with Crippen LogP contribution in [-0.4, -0.2) is 14.9 Å². The van der Waals surface area contributed by atoms with Gasteiger partial charge in [0.25, 0.3) is 0 Å². The fourth-order valence-electron chi connectivity index (χ4n) is 1.36. The molecule has 1 aromatic heterocycles. The summed E-state index contributed by atoms with van der Waals surface area (Å²) in [6, 6.07) is 3.04. The predicted molar refractivity (Wildman–Crippen MR) is 46.7 cm³/mol. The third-order valence-corrected chi connectivity index (χ3v) is 2.12. The van der Waals surface area contributed by atoms with Crippen molar-refractivity contribution >= 4 is 11.0 Å². The predicted octanol–water partition coefficient (Wildman–Crippen LogP) is 2.60. The molecule has 0 fully saturated rings. The van der Waals surface area contributed by atoms with E-state index in [2.05, 4.69) is 4.98 Å². The van der Waals surface area contributed by atoms with Gasteiger partial charge in [-0.3, -0.25) is 0 Å². The van der Waals surface area contributed by atoms with Crippen LogP contribution in [0, 0.1) is 6.92 Å². The van der Waals surface area contributed by atoms with Crippen LogP contribution < -0.4 is 0 Å². The van der Waals surface area contributed by atoms with Gasteiger partial charge >= 0.3 is 6.18 Å². The molecule has 15 heavy (non-hydrogen) atoms. The standard InChI is InChI=1S/C9H7F3N2O/c1-5-13-7-3-2-6(9(10,11)12)4-8(7)14(5)15/h2-4,15H,1H3. The highest BCUT2D eigenvalue weighted by molar-refractivity contribution is 5.76. The molecule has 0 aliphatic carbocycles. The molecule has 0 saturated heterocycles. The highest BCUT2D eigenvalue weighted by atomic mass is 19.4. The second kappa shape index (κ2) is 2.88. The Labute approximate surface area is 82.7 Å². The summed E-state index contributed by atoms with van der Waals surface area (Å²) in [4.78, 5) is 3.88. The number of alkyl halides is 3. The second-order valence-electron chi connectivity index (χ2n) is 3.17. The summed E-state index contributed by atoms with van der Waals surface area (Å²) >= 11 is 0. The van der Waals surface area contributed by atoms with E-state index in [1.54, 1.807) is 0 Å². The molecule has 0 unspecified atom stereocenters. The summed E-state index contributed by atoms with van der Waals surface area (Å²) in [6.45, 7) is 1.51. The highest BCUT2D eigenvalue weighted by Crippen LogP contribution is 2.31. The van der Waals surface area contributed by atoms with E-state index in [-0.39, 0.29) is 11.3 Å². The van der Waals surface area contributed by atoms with Crippen molar-refractivity contribution < 1.29 is 18.4 Å². The maximum atomic E-state index is 12.3. The van der Waals surface area contributed by atoms with Crippen LogP contribution in [0.1, 0.15) is 11.4 Å². The molecule has 0 bridgehead atoms. The van der Waals surface area contributed by atoms with Crippen LogP contribution in [0.15, 0.2) is 18.2 Å². The molecule has 0 amide bonds. The largest absolute Gasteiger partial charge is 0.427 e. The fraction of sp³-hybridized carbons (Fsp3) is 0.222. The zero-order valence-electron chi connectivity index (χ0n) is 7.71. The van der Waals surface area contributed by atoms with Gasteiger partial charge in [0.05, 0.1) is 11.1 Å². The van der Waals surface area contributed by atoms with Crippen molar-refractivity contribution in [3.63, 3.8) is 0 Å². The zero-order chi connectivity index (χ0) is 11.2. The number of rotatable bonds is 0. The number of halogens is 3. The Kier molecular flexibility index (Phi) is 1.89.